The Morgan fingerprint density at radius 1 is 1.09 bits per heavy atom. The Morgan fingerprint density at radius 3 is 2.47 bits per heavy atom. The second kappa shape index (κ2) is 8.66. The van der Waals surface area contributed by atoms with E-state index in [0.29, 0.717) is 22.0 Å². The molecule has 1 aromatic heterocycles. The number of aromatic nitrogens is 1. The van der Waals surface area contributed by atoms with E-state index in [0.717, 1.165) is 9.17 Å². The molecule has 1 saturated heterocycles. The number of halogens is 2. The van der Waals surface area contributed by atoms with Crippen molar-refractivity contribution in [3.05, 3.63) is 93.7 Å². The fourth-order valence-electron chi connectivity index (χ4n) is 3.88. The van der Waals surface area contributed by atoms with Crippen LogP contribution in [-0.2, 0) is 9.59 Å². The number of benzene rings is 3. The number of thiazole rings is 1. The molecule has 0 saturated carbocycles. The minimum absolute atomic E-state index is 0.0873. The van der Waals surface area contributed by atoms with Crippen LogP contribution >= 0.6 is 27.3 Å². The number of nitrogens with zero attached hydrogens (tertiary/aromatic N) is 2. The van der Waals surface area contributed by atoms with Gasteiger partial charge in [0.25, 0.3) is 5.78 Å². The molecule has 9 heteroatoms. The third-order valence-corrected chi connectivity index (χ3v) is 7.08. The first-order valence-corrected chi connectivity index (χ1v) is 11.8. The van der Waals surface area contributed by atoms with Gasteiger partial charge in [-0.1, -0.05) is 39.4 Å². The molecule has 170 valence electrons. The number of anilines is 1. The average Bonchev–Trinajstić information content (AvgIpc) is 3.37. The molecule has 0 unspecified atom stereocenters. The highest BCUT2D eigenvalue weighted by molar-refractivity contribution is 9.10. The van der Waals surface area contributed by atoms with Crippen molar-refractivity contribution in [3.8, 4) is 5.75 Å². The lowest BCUT2D eigenvalue weighted by Crippen LogP contribution is -2.29. The SMILES string of the molecule is COc1ccc2nc(N3C(=O)C(=O)C(=C(O)c4ccc(F)cc4)[C@@H]3c3ccc(Br)cc3)sc2c1. The molecule has 0 bridgehead atoms. The van der Waals surface area contributed by atoms with Crippen LogP contribution in [0, 0.1) is 5.82 Å². The molecule has 5 rings (SSSR count). The maximum atomic E-state index is 13.4. The average molecular weight is 539 g/mol. The minimum Gasteiger partial charge on any atom is -0.507 e. The van der Waals surface area contributed by atoms with Crippen molar-refractivity contribution in [2.24, 2.45) is 0 Å². The lowest BCUT2D eigenvalue weighted by molar-refractivity contribution is -0.132. The van der Waals surface area contributed by atoms with E-state index < -0.39 is 23.5 Å². The van der Waals surface area contributed by atoms with E-state index in [1.54, 1.807) is 49.6 Å². The number of fused-ring (bicyclic) bond motifs is 1. The number of rotatable bonds is 4. The van der Waals surface area contributed by atoms with Gasteiger partial charge in [-0.2, -0.15) is 0 Å². The topological polar surface area (TPSA) is 79.7 Å². The summed E-state index contributed by atoms with van der Waals surface area (Å²) in [6.07, 6.45) is 0. The van der Waals surface area contributed by atoms with Crippen LogP contribution in [0.5, 0.6) is 5.75 Å². The number of Topliss-reactive ketones (excluding diaryl/α,β-unsaturated/α-hetero) is 1. The van der Waals surface area contributed by atoms with Gasteiger partial charge in [-0.15, -0.1) is 0 Å². The zero-order chi connectivity index (χ0) is 24.0. The molecule has 1 fully saturated rings. The van der Waals surface area contributed by atoms with Crippen LogP contribution in [0.3, 0.4) is 0 Å². The Morgan fingerprint density at radius 2 is 1.79 bits per heavy atom. The van der Waals surface area contributed by atoms with Crippen molar-refractivity contribution >= 4 is 60.1 Å². The van der Waals surface area contributed by atoms with Crippen molar-refractivity contribution in [1.29, 1.82) is 0 Å². The number of hydrogen-bond donors (Lipinski definition) is 1. The number of carbonyl (C=O) groups is 2. The number of aliphatic hydroxyl groups is 1. The monoisotopic (exact) mass is 538 g/mol. The van der Waals surface area contributed by atoms with Crippen LogP contribution in [0.2, 0.25) is 0 Å². The van der Waals surface area contributed by atoms with E-state index in [9.17, 15) is 19.1 Å². The van der Waals surface area contributed by atoms with Crippen molar-refractivity contribution in [1.82, 2.24) is 4.98 Å². The van der Waals surface area contributed by atoms with E-state index in [2.05, 4.69) is 20.9 Å². The molecule has 1 N–H and O–H groups in total. The number of methoxy groups -OCH3 is 1. The molecular formula is C25H16BrFN2O4S. The Kier molecular flexibility index (Phi) is 5.66. The molecule has 0 spiro atoms. The second-order valence-corrected chi connectivity index (χ2v) is 9.48. The summed E-state index contributed by atoms with van der Waals surface area (Å²) in [7, 11) is 1.56. The first kappa shape index (κ1) is 22.2. The smallest absolute Gasteiger partial charge is 0.301 e. The molecule has 4 aromatic rings. The van der Waals surface area contributed by atoms with E-state index in [4.69, 9.17) is 4.74 Å². The molecule has 3 aromatic carbocycles. The third-order valence-electron chi connectivity index (χ3n) is 5.54. The molecule has 34 heavy (non-hydrogen) atoms. The van der Waals surface area contributed by atoms with Crippen LogP contribution in [-0.4, -0.2) is 28.9 Å². The number of hydrogen-bond acceptors (Lipinski definition) is 6. The van der Waals surface area contributed by atoms with Gasteiger partial charge >= 0.3 is 5.91 Å². The molecule has 1 aliphatic rings. The van der Waals surface area contributed by atoms with Crippen LogP contribution in [0.1, 0.15) is 17.2 Å². The summed E-state index contributed by atoms with van der Waals surface area (Å²) in [5, 5.41) is 11.4. The van der Waals surface area contributed by atoms with Crippen LogP contribution < -0.4 is 9.64 Å². The number of amides is 1. The summed E-state index contributed by atoms with van der Waals surface area (Å²) in [5.41, 5.74) is 1.41. The third kappa shape index (κ3) is 3.76. The summed E-state index contributed by atoms with van der Waals surface area (Å²) in [6, 6.07) is 16.6. The van der Waals surface area contributed by atoms with Crippen LogP contribution in [0.15, 0.2) is 76.8 Å². The number of ether oxygens (including phenoxy) is 1. The maximum absolute atomic E-state index is 13.4. The van der Waals surface area contributed by atoms with Crippen molar-refractivity contribution in [2.75, 3.05) is 12.0 Å². The fraction of sp³-hybridized carbons (Fsp3) is 0.0800. The highest BCUT2D eigenvalue weighted by Gasteiger charge is 2.48. The molecular weight excluding hydrogens is 523 g/mol. The summed E-state index contributed by atoms with van der Waals surface area (Å²) < 4.78 is 20.3. The van der Waals surface area contributed by atoms with E-state index in [1.807, 2.05) is 0 Å². The minimum atomic E-state index is -0.916. The summed E-state index contributed by atoms with van der Waals surface area (Å²) in [6.45, 7) is 0. The Hall–Kier alpha value is -3.56. The zero-order valence-corrected chi connectivity index (χ0v) is 20.1. The van der Waals surface area contributed by atoms with Crippen molar-refractivity contribution in [2.45, 2.75) is 6.04 Å². The second-order valence-electron chi connectivity index (χ2n) is 7.56. The molecule has 0 radical (unpaired) electrons. The summed E-state index contributed by atoms with van der Waals surface area (Å²) in [5.74, 6) is -1.86. The Labute approximate surface area is 206 Å². The molecule has 1 aliphatic heterocycles. The highest BCUT2D eigenvalue weighted by Crippen LogP contribution is 2.44. The van der Waals surface area contributed by atoms with Gasteiger partial charge in [0, 0.05) is 10.0 Å². The number of carbonyl (C=O) groups excluding carboxylic acids is 2. The molecule has 6 nitrogen and oxygen atoms in total. The van der Waals surface area contributed by atoms with Gasteiger partial charge in [0.05, 0.1) is 28.9 Å². The van der Waals surface area contributed by atoms with Gasteiger partial charge in [-0.05, 0) is 60.2 Å². The molecule has 0 aliphatic carbocycles. The zero-order valence-electron chi connectivity index (χ0n) is 17.7. The van der Waals surface area contributed by atoms with Gasteiger partial charge in [0.1, 0.15) is 17.3 Å². The highest BCUT2D eigenvalue weighted by atomic mass is 79.9. The van der Waals surface area contributed by atoms with Gasteiger partial charge < -0.3 is 9.84 Å². The van der Waals surface area contributed by atoms with Gasteiger partial charge in [-0.3, -0.25) is 14.5 Å². The Bertz CT molecular complexity index is 1460. The summed E-state index contributed by atoms with van der Waals surface area (Å²) >= 11 is 4.64. The van der Waals surface area contributed by atoms with E-state index in [1.165, 1.54) is 40.5 Å². The molecule has 1 atom stereocenters. The lowest BCUT2D eigenvalue weighted by atomic mass is 9.95. The molecule has 2 heterocycles. The van der Waals surface area contributed by atoms with Crippen LogP contribution in [0.4, 0.5) is 9.52 Å². The predicted octanol–water partition coefficient (Wildman–Crippen LogP) is 5.83. The van der Waals surface area contributed by atoms with Gasteiger partial charge in [-0.25, -0.2) is 9.37 Å². The number of ketones is 1. The first-order chi connectivity index (χ1) is 16.4. The van der Waals surface area contributed by atoms with E-state index in [-0.39, 0.29) is 16.9 Å². The standard InChI is InChI=1S/C25H16BrFN2O4S/c1-33-17-10-11-18-19(12-17)34-25(28-18)29-21(13-2-6-15(26)7-3-13)20(23(31)24(29)32)22(30)14-4-8-16(27)9-5-14/h2-12,21,30H,1H3/t21-/m0/s1. The lowest BCUT2D eigenvalue weighted by Gasteiger charge is -2.23. The van der Waals surface area contributed by atoms with Gasteiger partial charge in [0.15, 0.2) is 5.13 Å². The normalized spacial score (nSPS) is 17.5. The largest absolute Gasteiger partial charge is 0.507 e. The van der Waals surface area contributed by atoms with E-state index >= 15 is 0 Å². The summed E-state index contributed by atoms with van der Waals surface area (Å²) in [4.78, 5) is 32.3. The first-order valence-electron chi connectivity index (χ1n) is 10.1. The van der Waals surface area contributed by atoms with Crippen molar-refractivity contribution < 1.29 is 23.8 Å². The van der Waals surface area contributed by atoms with Gasteiger partial charge in [0.2, 0.25) is 0 Å². The fourth-order valence-corrected chi connectivity index (χ4v) is 5.16. The predicted molar refractivity (Wildman–Crippen MR) is 131 cm³/mol. The quantitative estimate of drug-likeness (QED) is 0.201. The molecule has 1 amide bonds. The van der Waals surface area contributed by atoms with Crippen molar-refractivity contribution in [3.63, 3.8) is 0 Å². The number of aliphatic hydroxyl groups excluding tert-OH is 1. The Balaban J connectivity index is 1.71. The maximum Gasteiger partial charge on any atom is 0.301 e. The van der Waals surface area contributed by atoms with Crippen LogP contribution in [0.25, 0.3) is 16.0 Å².